The molecule has 2 rings (SSSR count). The average Bonchev–Trinajstić information content (AvgIpc) is 2.78. The van der Waals surface area contributed by atoms with E-state index in [1.165, 1.54) is 0 Å². The van der Waals surface area contributed by atoms with Crippen LogP contribution in [0.5, 0.6) is 0 Å². The summed E-state index contributed by atoms with van der Waals surface area (Å²) in [4.78, 5) is 13.8. The van der Waals surface area contributed by atoms with Crippen LogP contribution in [0, 0.1) is 0 Å². The van der Waals surface area contributed by atoms with Gasteiger partial charge in [0.2, 0.25) is 0 Å². The summed E-state index contributed by atoms with van der Waals surface area (Å²) < 4.78 is 5.53. The summed E-state index contributed by atoms with van der Waals surface area (Å²) in [5.41, 5.74) is 6.21. The first-order chi connectivity index (χ1) is 8.26. The predicted octanol–water partition coefficient (Wildman–Crippen LogP) is 1.85. The summed E-state index contributed by atoms with van der Waals surface area (Å²) in [6, 6.07) is 9.36. The van der Waals surface area contributed by atoms with Gasteiger partial charge in [0.25, 0.3) is 5.91 Å². The molecule has 4 nitrogen and oxygen atoms in total. The Bertz CT molecular complexity index is 486. The number of furan rings is 1. The van der Waals surface area contributed by atoms with Gasteiger partial charge in [-0.05, 0) is 19.1 Å². The summed E-state index contributed by atoms with van der Waals surface area (Å²) in [6.07, 6.45) is 0. The number of carbonyl (C=O) groups excluding carboxylic acids is 1. The molecule has 1 aromatic heterocycles. The molecule has 0 aliphatic carbocycles. The zero-order valence-corrected chi connectivity index (χ0v) is 9.85. The summed E-state index contributed by atoms with van der Waals surface area (Å²) in [6.45, 7) is 3.56. The van der Waals surface area contributed by atoms with Crippen LogP contribution in [0.15, 0.2) is 34.7 Å². The summed E-state index contributed by atoms with van der Waals surface area (Å²) in [5, 5.41) is 0.944. The smallest absolute Gasteiger partial charge is 0.289 e. The number of para-hydroxylation sites is 1. The van der Waals surface area contributed by atoms with E-state index in [9.17, 15) is 4.79 Å². The third-order valence-electron chi connectivity index (χ3n) is 2.70. The van der Waals surface area contributed by atoms with Crippen molar-refractivity contribution in [2.45, 2.75) is 6.92 Å². The fourth-order valence-electron chi connectivity index (χ4n) is 1.80. The van der Waals surface area contributed by atoms with Gasteiger partial charge in [0.15, 0.2) is 5.76 Å². The highest BCUT2D eigenvalue weighted by Crippen LogP contribution is 2.19. The first-order valence-corrected chi connectivity index (χ1v) is 5.74. The minimum Gasteiger partial charge on any atom is -0.451 e. The minimum absolute atomic E-state index is 0.103. The van der Waals surface area contributed by atoms with E-state index >= 15 is 0 Å². The van der Waals surface area contributed by atoms with E-state index in [4.69, 9.17) is 10.2 Å². The molecule has 1 heterocycles. The van der Waals surface area contributed by atoms with Gasteiger partial charge in [0.1, 0.15) is 5.58 Å². The standard InChI is InChI=1S/C13H16N2O2/c1-2-15(8-7-14)13(16)12-9-10-5-3-4-6-11(10)17-12/h3-6,9H,2,7-8,14H2,1H3. The summed E-state index contributed by atoms with van der Waals surface area (Å²) in [7, 11) is 0. The van der Waals surface area contributed by atoms with Gasteiger partial charge in [-0.15, -0.1) is 0 Å². The number of fused-ring (bicyclic) bond motifs is 1. The second-order valence-corrected chi connectivity index (χ2v) is 3.82. The maximum atomic E-state index is 12.1. The van der Waals surface area contributed by atoms with Crippen molar-refractivity contribution in [2.75, 3.05) is 19.6 Å². The van der Waals surface area contributed by atoms with Crippen molar-refractivity contribution in [1.82, 2.24) is 4.90 Å². The monoisotopic (exact) mass is 232 g/mol. The second-order valence-electron chi connectivity index (χ2n) is 3.82. The van der Waals surface area contributed by atoms with E-state index in [-0.39, 0.29) is 5.91 Å². The van der Waals surface area contributed by atoms with Crippen LogP contribution < -0.4 is 5.73 Å². The molecule has 0 aliphatic heterocycles. The summed E-state index contributed by atoms with van der Waals surface area (Å²) in [5.74, 6) is 0.274. The molecule has 2 N–H and O–H groups in total. The topological polar surface area (TPSA) is 59.5 Å². The number of nitrogens with zero attached hydrogens (tertiary/aromatic N) is 1. The van der Waals surface area contributed by atoms with Crippen LogP contribution in [0.2, 0.25) is 0 Å². The number of hydrogen-bond donors (Lipinski definition) is 1. The Morgan fingerprint density at radius 3 is 2.82 bits per heavy atom. The Morgan fingerprint density at radius 1 is 1.41 bits per heavy atom. The third kappa shape index (κ3) is 2.31. The number of amides is 1. The lowest BCUT2D eigenvalue weighted by Crippen LogP contribution is -2.34. The second kappa shape index (κ2) is 5.01. The van der Waals surface area contributed by atoms with E-state index in [0.29, 0.717) is 25.4 Å². The van der Waals surface area contributed by atoms with Crippen molar-refractivity contribution in [1.29, 1.82) is 0 Å². The van der Waals surface area contributed by atoms with Crippen LogP contribution in [0.1, 0.15) is 17.5 Å². The molecule has 1 aromatic carbocycles. The zero-order chi connectivity index (χ0) is 12.3. The molecule has 17 heavy (non-hydrogen) atoms. The highest BCUT2D eigenvalue weighted by molar-refractivity contribution is 5.96. The molecule has 90 valence electrons. The number of hydrogen-bond acceptors (Lipinski definition) is 3. The molecule has 0 atom stereocenters. The number of benzene rings is 1. The zero-order valence-electron chi connectivity index (χ0n) is 9.85. The Balaban J connectivity index is 2.29. The molecule has 0 bridgehead atoms. The highest BCUT2D eigenvalue weighted by Gasteiger charge is 2.17. The van der Waals surface area contributed by atoms with Crippen LogP contribution in [0.3, 0.4) is 0 Å². The Kier molecular flexibility index (Phi) is 3.44. The lowest BCUT2D eigenvalue weighted by atomic mass is 10.2. The fraction of sp³-hybridized carbons (Fsp3) is 0.308. The van der Waals surface area contributed by atoms with Gasteiger partial charge >= 0.3 is 0 Å². The largest absolute Gasteiger partial charge is 0.451 e. The SMILES string of the molecule is CCN(CCN)C(=O)c1cc2ccccc2o1. The Labute approximate surface area is 100.0 Å². The third-order valence-corrected chi connectivity index (χ3v) is 2.70. The predicted molar refractivity (Wildman–Crippen MR) is 66.8 cm³/mol. The molecule has 0 unspecified atom stereocenters. The number of nitrogens with two attached hydrogens (primary N) is 1. The first-order valence-electron chi connectivity index (χ1n) is 5.74. The van der Waals surface area contributed by atoms with Crippen LogP contribution >= 0.6 is 0 Å². The Hall–Kier alpha value is -1.81. The fourth-order valence-corrected chi connectivity index (χ4v) is 1.80. The van der Waals surface area contributed by atoms with Gasteiger partial charge < -0.3 is 15.1 Å². The van der Waals surface area contributed by atoms with Crippen molar-refractivity contribution in [3.05, 3.63) is 36.1 Å². The van der Waals surface area contributed by atoms with E-state index < -0.39 is 0 Å². The van der Waals surface area contributed by atoms with Crippen molar-refractivity contribution in [2.24, 2.45) is 5.73 Å². The molecule has 1 amide bonds. The summed E-state index contributed by atoms with van der Waals surface area (Å²) >= 11 is 0. The average molecular weight is 232 g/mol. The quantitative estimate of drug-likeness (QED) is 0.875. The van der Waals surface area contributed by atoms with Crippen LogP contribution in [-0.4, -0.2) is 30.4 Å². The first kappa shape index (κ1) is 11.7. The molecule has 0 aliphatic rings. The van der Waals surface area contributed by atoms with E-state index in [1.807, 2.05) is 31.2 Å². The molecular formula is C13H16N2O2. The molecule has 0 saturated carbocycles. The van der Waals surface area contributed by atoms with Crippen molar-refractivity contribution < 1.29 is 9.21 Å². The number of carbonyl (C=O) groups is 1. The number of rotatable bonds is 4. The molecule has 0 radical (unpaired) electrons. The van der Waals surface area contributed by atoms with E-state index in [1.54, 1.807) is 11.0 Å². The minimum atomic E-state index is -0.103. The van der Waals surface area contributed by atoms with Gasteiger partial charge in [0.05, 0.1) is 0 Å². The molecule has 0 spiro atoms. The number of likely N-dealkylation sites (N-methyl/N-ethyl adjacent to an activating group) is 1. The van der Waals surface area contributed by atoms with E-state index in [2.05, 4.69) is 0 Å². The highest BCUT2D eigenvalue weighted by atomic mass is 16.3. The molecule has 0 saturated heterocycles. The van der Waals surface area contributed by atoms with Gasteiger partial charge in [0, 0.05) is 25.0 Å². The van der Waals surface area contributed by atoms with Crippen molar-refractivity contribution >= 4 is 16.9 Å². The van der Waals surface area contributed by atoms with Crippen LogP contribution in [0.25, 0.3) is 11.0 Å². The van der Waals surface area contributed by atoms with Crippen LogP contribution in [-0.2, 0) is 0 Å². The molecular weight excluding hydrogens is 216 g/mol. The van der Waals surface area contributed by atoms with Gasteiger partial charge in [-0.1, -0.05) is 18.2 Å². The van der Waals surface area contributed by atoms with E-state index in [0.717, 1.165) is 11.0 Å². The molecule has 2 aromatic rings. The van der Waals surface area contributed by atoms with Crippen molar-refractivity contribution in [3.8, 4) is 0 Å². The van der Waals surface area contributed by atoms with Crippen LogP contribution in [0.4, 0.5) is 0 Å². The van der Waals surface area contributed by atoms with Gasteiger partial charge in [-0.25, -0.2) is 0 Å². The van der Waals surface area contributed by atoms with Gasteiger partial charge in [-0.2, -0.15) is 0 Å². The van der Waals surface area contributed by atoms with Gasteiger partial charge in [-0.3, -0.25) is 4.79 Å². The lowest BCUT2D eigenvalue weighted by Gasteiger charge is -2.18. The molecule has 4 heteroatoms. The van der Waals surface area contributed by atoms with Crippen molar-refractivity contribution in [3.63, 3.8) is 0 Å². The maximum absolute atomic E-state index is 12.1. The lowest BCUT2D eigenvalue weighted by molar-refractivity contribution is 0.0739. The molecule has 0 fully saturated rings. The maximum Gasteiger partial charge on any atom is 0.289 e. The Morgan fingerprint density at radius 2 is 2.18 bits per heavy atom. The normalized spacial score (nSPS) is 10.7.